The van der Waals surface area contributed by atoms with Gasteiger partial charge in [-0.1, -0.05) is 41.9 Å². The van der Waals surface area contributed by atoms with Gasteiger partial charge in [0.15, 0.2) is 0 Å². The van der Waals surface area contributed by atoms with Gasteiger partial charge in [-0.3, -0.25) is 0 Å². The molecule has 0 aliphatic heterocycles. The highest BCUT2D eigenvalue weighted by Gasteiger charge is 1.92. The zero-order chi connectivity index (χ0) is 10.3. The summed E-state index contributed by atoms with van der Waals surface area (Å²) in [7, 11) is 0. The van der Waals surface area contributed by atoms with E-state index in [1.807, 2.05) is 6.92 Å². The van der Waals surface area contributed by atoms with Gasteiger partial charge < -0.3 is 5.41 Å². The average Bonchev–Trinajstić information content (AvgIpc) is 2.13. The van der Waals surface area contributed by atoms with Gasteiger partial charge in [0.2, 0.25) is 0 Å². The van der Waals surface area contributed by atoms with Crippen LogP contribution in [0.1, 0.15) is 6.92 Å². The second-order valence-corrected chi connectivity index (χ2v) is 3.13. The third kappa shape index (κ3) is 5.45. The highest BCUT2D eigenvalue weighted by atomic mass is 35.5. The van der Waals surface area contributed by atoms with Gasteiger partial charge in [0.25, 0.3) is 0 Å². The first-order chi connectivity index (χ1) is 6.11. The second kappa shape index (κ2) is 6.70. The molecule has 0 radical (unpaired) electrons. The molecule has 13 heavy (non-hydrogen) atoms. The van der Waals surface area contributed by atoms with Crippen molar-refractivity contribution in [2.75, 3.05) is 0 Å². The predicted molar refractivity (Wildman–Crippen MR) is 60.6 cm³/mol. The van der Waals surface area contributed by atoms with Crippen LogP contribution in [0.3, 0.4) is 0 Å². The summed E-state index contributed by atoms with van der Waals surface area (Å²) in [5.41, 5.74) is 0.852. The maximum absolute atomic E-state index is 6.81. The second-order valence-electron chi connectivity index (χ2n) is 2.29. The van der Waals surface area contributed by atoms with E-state index < -0.39 is 0 Å². The van der Waals surface area contributed by atoms with Crippen LogP contribution in [0.2, 0.25) is 0 Å². The zero-order valence-electron chi connectivity index (χ0n) is 7.35. The summed E-state index contributed by atoms with van der Waals surface area (Å²) in [6.07, 6.45) is 7.65. The minimum absolute atomic E-state index is 0.528. The van der Waals surface area contributed by atoms with Crippen LogP contribution < -0.4 is 0 Å². The van der Waals surface area contributed by atoms with Crippen LogP contribution in [0.4, 0.5) is 0 Å². The van der Waals surface area contributed by atoms with Crippen LogP contribution in [0.5, 0.6) is 0 Å². The zero-order valence-corrected chi connectivity index (χ0v) is 8.86. The Morgan fingerprint density at radius 2 is 1.85 bits per heavy atom. The number of halogens is 2. The summed E-state index contributed by atoms with van der Waals surface area (Å²) in [6.45, 7) is 5.35. The Labute approximate surface area is 88.6 Å². The summed E-state index contributed by atoms with van der Waals surface area (Å²) >= 11 is 11.5. The lowest BCUT2D eigenvalue weighted by atomic mass is 10.2. The van der Waals surface area contributed by atoms with E-state index in [0.29, 0.717) is 10.1 Å². The molecule has 0 saturated carbocycles. The van der Waals surface area contributed by atoms with Gasteiger partial charge in [0.05, 0.1) is 0 Å². The van der Waals surface area contributed by atoms with Crippen molar-refractivity contribution in [2.24, 2.45) is 0 Å². The molecule has 0 aliphatic carbocycles. The maximum Gasteiger partial charge on any atom is 0.0450 e. The number of nitrogens with one attached hydrogen (secondary N) is 1. The van der Waals surface area contributed by atoms with Crippen molar-refractivity contribution in [1.29, 1.82) is 5.41 Å². The van der Waals surface area contributed by atoms with Crippen LogP contribution in [0.15, 0.2) is 46.5 Å². The maximum atomic E-state index is 6.81. The molecule has 0 bridgehead atoms. The standard InChI is InChI=1S/C10H11Cl2N/c1-3-9(11)5-4-8(2)10(12)6-7-13/h3-7,13H,1H2,2H3/b8-4+,9-5+,10-6+,13-7?. The normalized spacial score (nSPS) is 14.2. The van der Waals surface area contributed by atoms with E-state index in [-0.39, 0.29) is 0 Å². The van der Waals surface area contributed by atoms with Crippen molar-refractivity contribution >= 4 is 29.4 Å². The quantitative estimate of drug-likeness (QED) is 0.542. The van der Waals surface area contributed by atoms with Gasteiger partial charge in [0, 0.05) is 16.3 Å². The molecule has 0 unspecified atom stereocenters. The lowest BCUT2D eigenvalue weighted by Gasteiger charge is -1.94. The topological polar surface area (TPSA) is 23.9 Å². The van der Waals surface area contributed by atoms with Crippen molar-refractivity contribution in [3.63, 3.8) is 0 Å². The lowest BCUT2D eigenvalue weighted by molar-refractivity contribution is 1.49. The first-order valence-corrected chi connectivity index (χ1v) is 4.40. The van der Waals surface area contributed by atoms with Crippen molar-refractivity contribution in [3.05, 3.63) is 46.5 Å². The molecule has 0 heterocycles. The third-order valence-electron chi connectivity index (χ3n) is 1.29. The summed E-state index contributed by atoms with van der Waals surface area (Å²) < 4.78 is 0. The van der Waals surface area contributed by atoms with Gasteiger partial charge in [-0.25, -0.2) is 0 Å². The Morgan fingerprint density at radius 1 is 1.23 bits per heavy atom. The molecule has 0 aromatic heterocycles. The van der Waals surface area contributed by atoms with Crippen LogP contribution in [0, 0.1) is 5.41 Å². The smallest absolute Gasteiger partial charge is 0.0450 e. The van der Waals surface area contributed by atoms with E-state index in [9.17, 15) is 0 Å². The molecule has 0 rings (SSSR count). The molecule has 0 aromatic carbocycles. The molecule has 0 aliphatic rings. The van der Waals surface area contributed by atoms with Gasteiger partial charge in [0.1, 0.15) is 0 Å². The van der Waals surface area contributed by atoms with Crippen molar-refractivity contribution in [2.45, 2.75) is 6.92 Å². The number of allylic oxidation sites excluding steroid dienone is 7. The monoisotopic (exact) mass is 215 g/mol. The number of hydrogen-bond acceptors (Lipinski definition) is 1. The summed E-state index contributed by atoms with van der Waals surface area (Å²) in [5.74, 6) is 0. The molecular formula is C10H11Cl2N. The van der Waals surface area contributed by atoms with E-state index in [1.54, 1.807) is 18.2 Å². The Hall–Kier alpha value is -0.790. The molecular weight excluding hydrogens is 205 g/mol. The molecule has 1 nitrogen and oxygen atoms in total. The van der Waals surface area contributed by atoms with E-state index in [0.717, 1.165) is 11.8 Å². The van der Waals surface area contributed by atoms with Crippen LogP contribution >= 0.6 is 23.2 Å². The van der Waals surface area contributed by atoms with Gasteiger partial charge in [-0.15, -0.1) is 0 Å². The fourth-order valence-corrected chi connectivity index (χ4v) is 0.746. The fraction of sp³-hybridized carbons (Fsp3) is 0.100. The highest BCUT2D eigenvalue weighted by Crippen LogP contribution is 2.14. The lowest BCUT2D eigenvalue weighted by Crippen LogP contribution is -1.76. The van der Waals surface area contributed by atoms with Crippen molar-refractivity contribution < 1.29 is 0 Å². The van der Waals surface area contributed by atoms with Crippen molar-refractivity contribution in [1.82, 2.24) is 0 Å². The average molecular weight is 216 g/mol. The van der Waals surface area contributed by atoms with E-state index in [2.05, 4.69) is 6.58 Å². The molecule has 1 N–H and O–H groups in total. The first kappa shape index (κ1) is 12.2. The fourth-order valence-electron chi connectivity index (χ4n) is 0.557. The molecule has 70 valence electrons. The van der Waals surface area contributed by atoms with Gasteiger partial charge in [-0.05, 0) is 24.6 Å². The predicted octanol–water partition coefficient (Wildman–Crippen LogP) is 4.01. The molecule has 0 aromatic rings. The highest BCUT2D eigenvalue weighted by molar-refractivity contribution is 6.33. The Balaban J connectivity index is 4.59. The van der Waals surface area contributed by atoms with Gasteiger partial charge in [-0.2, -0.15) is 0 Å². The van der Waals surface area contributed by atoms with E-state index in [4.69, 9.17) is 28.6 Å². The Morgan fingerprint density at radius 3 is 2.31 bits per heavy atom. The molecule has 0 amide bonds. The third-order valence-corrected chi connectivity index (χ3v) is 2.00. The van der Waals surface area contributed by atoms with Gasteiger partial charge >= 0.3 is 0 Å². The van der Waals surface area contributed by atoms with Crippen molar-refractivity contribution in [3.8, 4) is 0 Å². The summed E-state index contributed by atoms with van der Waals surface area (Å²) in [6, 6.07) is 0. The Bertz CT molecular complexity index is 285. The number of hydrogen-bond donors (Lipinski definition) is 1. The SMILES string of the molecule is C=C\C(Cl)=C/C=C(C)/C(Cl)=C\C=N. The molecule has 0 saturated heterocycles. The van der Waals surface area contributed by atoms with E-state index >= 15 is 0 Å². The summed E-state index contributed by atoms with van der Waals surface area (Å²) in [4.78, 5) is 0. The molecule has 0 fully saturated rings. The van der Waals surface area contributed by atoms with E-state index in [1.165, 1.54) is 6.08 Å². The number of rotatable bonds is 4. The van der Waals surface area contributed by atoms with Crippen LogP contribution in [-0.4, -0.2) is 6.21 Å². The van der Waals surface area contributed by atoms with Crippen LogP contribution in [-0.2, 0) is 0 Å². The Kier molecular flexibility index (Phi) is 6.29. The summed E-state index contributed by atoms with van der Waals surface area (Å²) in [5, 5.41) is 7.89. The minimum Gasteiger partial charge on any atom is -0.309 e. The molecule has 0 atom stereocenters. The first-order valence-electron chi connectivity index (χ1n) is 3.65. The molecule has 3 heteroatoms. The minimum atomic E-state index is 0.528. The van der Waals surface area contributed by atoms with Crippen LogP contribution in [0.25, 0.3) is 0 Å². The molecule has 0 spiro atoms. The largest absolute Gasteiger partial charge is 0.309 e.